The van der Waals surface area contributed by atoms with E-state index < -0.39 is 30.0 Å². The van der Waals surface area contributed by atoms with Crippen molar-refractivity contribution in [3.8, 4) is 23.3 Å². The van der Waals surface area contributed by atoms with Crippen molar-refractivity contribution in [1.82, 2.24) is 44.0 Å². The lowest BCUT2D eigenvalue weighted by atomic mass is 9.86. The summed E-state index contributed by atoms with van der Waals surface area (Å²) in [5.74, 6) is 7.05. The average Bonchev–Trinajstić information content (AvgIpc) is 3.71. The van der Waals surface area contributed by atoms with Crippen molar-refractivity contribution in [2.75, 3.05) is 63.6 Å². The van der Waals surface area contributed by atoms with Crippen LogP contribution in [0.15, 0.2) is 58.2 Å². The molecule has 3 amide bonds. The summed E-state index contributed by atoms with van der Waals surface area (Å²) in [6.45, 7) is 5.13. The minimum absolute atomic E-state index is 0.0153. The number of morpholine rings is 1. The second-order valence-electron chi connectivity index (χ2n) is 17.8. The Kier molecular flexibility index (Phi) is 12.9. The number of aryl methyl sites for hydroxylation is 1. The van der Waals surface area contributed by atoms with E-state index in [0.717, 1.165) is 64.0 Å². The molecule has 4 aliphatic rings. The molecule has 6 heterocycles. The third-order valence-electron chi connectivity index (χ3n) is 12.9. The molecule has 5 aromatic rings. The van der Waals surface area contributed by atoms with Crippen molar-refractivity contribution < 1.29 is 32.3 Å². The van der Waals surface area contributed by atoms with Crippen molar-refractivity contribution in [2.24, 2.45) is 18.9 Å². The lowest BCUT2D eigenvalue weighted by molar-refractivity contribution is -0.135. The van der Waals surface area contributed by atoms with Crippen LogP contribution < -0.4 is 21.6 Å². The van der Waals surface area contributed by atoms with Crippen LogP contribution in [0.5, 0.6) is 0 Å². The van der Waals surface area contributed by atoms with Crippen LogP contribution in [-0.4, -0.2) is 115 Å². The third kappa shape index (κ3) is 10.2. The molecule has 0 bridgehead atoms. The van der Waals surface area contributed by atoms with Gasteiger partial charge >= 0.3 is 5.69 Å². The second-order valence-corrected chi connectivity index (χ2v) is 17.8. The Bertz CT molecular complexity index is 2680. The monoisotopic (exact) mass is 893 g/mol. The van der Waals surface area contributed by atoms with Crippen LogP contribution in [0.2, 0.25) is 0 Å². The number of alkyl halides is 2. The maximum atomic E-state index is 14.2. The molecular weight excluding hydrogens is 841 g/mol. The van der Waals surface area contributed by atoms with Gasteiger partial charge < -0.3 is 24.7 Å². The van der Waals surface area contributed by atoms with Crippen LogP contribution in [-0.2, 0) is 21.4 Å². The Morgan fingerprint density at radius 1 is 1.03 bits per heavy atom. The number of fused-ring (bicyclic) bond motifs is 1. The zero-order chi connectivity index (χ0) is 45.2. The van der Waals surface area contributed by atoms with E-state index in [2.05, 4.69) is 59.7 Å². The smallest absolute Gasteiger partial charge is 0.329 e. The summed E-state index contributed by atoms with van der Waals surface area (Å²) in [5, 5.41) is 12.5. The zero-order valence-corrected chi connectivity index (χ0v) is 36.5. The van der Waals surface area contributed by atoms with E-state index in [1.807, 2.05) is 12.1 Å². The number of anilines is 2. The molecule has 1 unspecified atom stereocenters. The fourth-order valence-electron chi connectivity index (χ4n) is 9.19. The van der Waals surface area contributed by atoms with Crippen molar-refractivity contribution in [1.29, 1.82) is 0 Å². The Labute approximate surface area is 373 Å². The van der Waals surface area contributed by atoms with Gasteiger partial charge in [-0.1, -0.05) is 11.8 Å². The molecule has 0 spiro atoms. The number of piperidine rings is 1. The van der Waals surface area contributed by atoms with Crippen molar-refractivity contribution >= 4 is 40.3 Å². The Hall–Kier alpha value is -6.23. The molecular formula is C46H53F2N11O6. The van der Waals surface area contributed by atoms with Crippen LogP contribution in [0.25, 0.3) is 22.5 Å². The number of nitrogens with one attached hydrogen (secondary N) is 3. The largest absolute Gasteiger partial charge is 0.444 e. The Balaban J connectivity index is 0.738. The van der Waals surface area contributed by atoms with Crippen molar-refractivity contribution in [2.45, 2.75) is 76.0 Å². The molecule has 342 valence electrons. The first-order valence-corrected chi connectivity index (χ1v) is 22.4. The van der Waals surface area contributed by atoms with E-state index in [4.69, 9.17) is 9.15 Å². The van der Waals surface area contributed by atoms with Gasteiger partial charge in [-0.25, -0.2) is 23.5 Å². The van der Waals surface area contributed by atoms with Crippen LogP contribution in [0.3, 0.4) is 0 Å². The quantitative estimate of drug-likeness (QED) is 0.100. The molecule has 19 heteroatoms. The molecule has 1 aromatic carbocycles. The van der Waals surface area contributed by atoms with Crippen LogP contribution in [0.1, 0.15) is 91.6 Å². The highest BCUT2D eigenvalue weighted by molar-refractivity contribution is 6.03. The number of aromatic nitrogens is 6. The highest BCUT2D eigenvalue weighted by atomic mass is 19.3. The third-order valence-corrected chi connectivity index (χ3v) is 12.9. The minimum atomic E-state index is -2.88. The fraction of sp³-hybridized carbons (Fsp3) is 0.500. The number of hydrogen-bond donors (Lipinski definition) is 3. The number of imidazole rings is 1. The summed E-state index contributed by atoms with van der Waals surface area (Å²) in [7, 11) is 3.76. The van der Waals surface area contributed by atoms with Crippen molar-refractivity contribution in [3.05, 3.63) is 76.4 Å². The molecule has 65 heavy (non-hydrogen) atoms. The molecule has 2 aliphatic carbocycles. The van der Waals surface area contributed by atoms with E-state index in [1.54, 1.807) is 36.1 Å². The predicted molar refractivity (Wildman–Crippen MR) is 236 cm³/mol. The number of amides is 3. The van der Waals surface area contributed by atoms with Gasteiger partial charge in [0.1, 0.15) is 18.1 Å². The number of carbonyl (C=O) groups is 3. The standard InChI is InChI=1S/C46H53F2N11O6/c1-55(24-33-25-57(18-19-64-33)17-3-4-28-9-12-36-38(20-28)56(2)46(63)59(36)37-13-14-40(60)53-44(37)62)23-30-7-10-32(11-8-30)58-26-34(41(54-58)42(47)48)51-43(61)35-27-65-45(52-35)31-15-16-49-39(21-31)50-22-29-5-6-29/h9,12,15-16,20-21,26-27,29-30,32-33,37,42H,5-8,10-11,13-14,17-19,22-25H2,1-2H3,(H,49,50)(H,51,61)(H,53,60,62)/t30-,32-,33-,37?/m0/s1. The normalized spacial score (nSPS) is 21.7. The SMILES string of the molecule is CN(C[C@H]1CN(CC#Cc2ccc3c(c2)n(C)c(=O)n3C2CCC(=O)NC2=O)CCO1)C[C@H]1CC[C@H](n2cc(NC(=O)c3coc(-c4ccnc(NCC5CC5)c4)n3)c(C(F)F)n2)CC1. The van der Waals surface area contributed by atoms with Crippen molar-refractivity contribution in [3.63, 3.8) is 0 Å². The average molecular weight is 894 g/mol. The molecule has 17 nitrogen and oxygen atoms in total. The summed E-state index contributed by atoms with van der Waals surface area (Å²) in [6.07, 6.45) is 7.71. The maximum absolute atomic E-state index is 14.2. The van der Waals surface area contributed by atoms with Gasteiger partial charge in [0.05, 0.1) is 42.0 Å². The number of pyridine rings is 1. The molecule has 3 N–H and O–H groups in total. The number of ether oxygens (including phenoxy) is 1. The topological polar surface area (TPSA) is 187 Å². The molecule has 4 aromatic heterocycles. The van der Waals surface area contributed by atoms with Gasteiger partial charge in [-0.15, -0.1) is 0 Å². The number of likely N-dealkylation sites (N-methyl/N-ethyl adjacent to an activating group) is 1. The molecule has 2 atom stereocenters. The minimum Gasteiger partial charge on any atom is -0.444 e. The van der Waals surface area contributed by atoms with Crippen LogP contribution >= 0.6 is 0 Å². The molecule has 2 saturated heterocycles. The molecule has 0 radical (unpaired) electrons. The summed E-state index contributed by atoms with van der Waals surface area (Å²) in [6, 6.07) is 8.22. The zero-order valence-electron chi connectivity index (χ0n) is 36.5. The number of carbonyl (C=O) groups excluding carboxylic acids is 3. The van der Waals surface area contributed by atoms with Crippen LogP contribution in [0, 0.1) is 23.7 Å². The fourth-order valence-corrected chi connectivity index (χ4v) is 9.19. The number of hydrogen-bond acceptors (Lipinski definition) is 12. The Morgan fingerprint density at radius 3 is 2.63 bits per heavy atom. The van der Waals surface area contributed by atoms with E-state index in [0.29, 0.717) is 47.4 Å². The van der Waals surface area contributed by atoms with Crippen LogP contribution in [0.4, 0.5) is 20.3 Å². The lowest BCUT2D eigenvalue weighted by Gasteiger charge is -2.36. The van der Waals surface area contributed by atoms with Gasteiger partial charge in [0.15, 0.2) is 11.4 Å². The van der Waals surface area contributed by atoms with Gasteiger partial charge in [0, 0.05) is 69.7 Å². The second kappa shape index (κ2) is 19.1. The van der Waals surface area contributed by atoms with Gasteiger partial charge in [-0.05, 0) is 94.2 Å². The van der Waals surface area contributed by atoms with Gasteiger partial charge in [0.25, 0.3) is 12.3 Å². The van der Waals surface area contributed by atoms with Gasteiger partial charge in [0.2, 0.25) is 17.7 Å². The molecule has 2 saturated carbocycles. The number of benzene rings is 1. The first kappa shape index (κ1) is 44.0. The first-order valence-electron chi connectivity index (χ1n) is 22.4. The molecule has 2 aliphatic heterocycles. The van der Waals surface area contributed by atoms with E-state index >= 15 is 0 Å². The summed E-state index contributed by atoms with van der Waals surface area (Å²) >= 11 is 0. The van der Waals surface area contributed by atoms with E-state index in [-0.39, 0.29) is 53.9 Å². The maximum Gasteiger partial charge on any atom is 0.329 e. The summed E-state index contributed by atoms with van der Waals surface area (Å²) < 4.78 is 44.7. The molecule has 4 fully saturated rings. The Morgan fingerprint density at radius 2 is 1.85 bits per heavy atom. The summed E-state index contributed by atoms with van der Waals surface area (Å²) in [5.41, 5.74) is 1.80. The van der Waals surface area contributed by atoms with E-state index in [1.165, 1.54) is 34.4 Å². The highest BCUT2D eigenvalue weighted by Gasteiger charge is 2.32. The number of nitrogens with zero attached hydrogens (tertiary/aromatic N) is 8. The number of halogens is 2. The number of oxazole rings is 1. The van der Waals surface area contributed by atoms with Gasteiger partial charge in [-0.2, -0.15) is 5.10 Å². The first-order chi connectivity index (χ1) is 31.4. The molecule has 9 rings (SSSR count). The lowest BCUT2D eigenvalue weighted by Crippen LogP contribution is -2.47. The van der Waals surface area contributed by atoms with E-state index in [9.17, 15) is 28.0 Å². The number of imide groups is 1. The highest BCUT2D eigenvalue weighted by Crippen LogP contribution is 2.36. The summed E-state index contributed by atoms with van der Waals surface area (Å²) in [4.78, 5) is 63.8. The van der Waals surface area contributed by atoms with Gasteiger partial charge in [-0.3, -0.25) is 38.4 Å². The number of rotatable bonds is 14. The predicted octanol–water partition coefficient (Wildman–Crippen LogP) is 4.99.